The van der Waals surface area contributed by atoms with Crippen molar-refractivity contribution in [1.82, 2.24) is 0 Å². The van der Waals surface area contributed by atoms with Gasteiger partial charge in [0.05, 0.1) is 11.3 Å². The second-order valence-corrected chi connectivity index (χ2v) is 8.39. The molecule has 2 fully saturated rings. The molecular weight excluding hydrogens is 250 g/mol. The van der Waals surface area contributed by atoms with Crippen molar-refractivity contribution in [1.29, 1.82) is 0 Å². The third-order valence-electron chi connectivity index (χ3n) is 6.43. The molecule has 0 radical (unpaired) electrons. The Kier molecular flexibility index (Phi) is 3.96. The van der Waals surface area contributed by atoms with E-state index in [0.29, 0.717) is 17.8 Å². The van der Waals surface area contributed by atoms with Crippen LogP contribution in [0.15, 0.2) is 5.16 Å². The highest BCUT2D eigenvalue weighted by Gasteiger charge is 2.57. The number of aliphatic hydroxyl groups is 1. The van der Waals surface area contributed by atoms with Crippen molar-refractivity contribution in [3.8, 4) is 0 Å². The topological polar surface area (TPSA) is 52.8 Å². The van der Waals surface area contributed by atoms with Gasteiger partial charge in [0.15, 0.2) is 0 Å². The van der Waals surface area contributed by atoms with E-state index in [9.17, 15) is 5.11 Å². The van der Waals surface area contributed by atoms with E-state index in [1.807, 2.05) is 13.8 Å². The highest BCUT2D eigenvalue weighted by atomic mass is 16.4. The van der Waals surface area contributed by atoms with Gasteiger partial charge in [0, 0.05) is 0 Å². The number of hydrogen-bond acceptors (Lipinski definition) is 3. The molecular formula is C17H31NO2. The molecule has 2 saturated carbocycles. The monoisotopic (exact) mass is 281 g/mol. The van der Waals surface area contributed by atoms with Gasteiger partial charge < -0.3 is 10.3 Å². The molecule has 0 bridgehead atoms. The Morgan fingerprint density at radius 1 is 1.15 bits per heavy atom. The first-order valence-corrected chi connectivity index (χ1v) is 8.03. The molecule has 0 heterocycles. The van der Waals surface area contributed by atoms with Gasteiger partial charge >= 0.3 is 0 Å². The van der Waals surface area contributed by atoms with Crippen molar-refractivity contribution in [2.75, 3.05) is 0 Å². The Hall–Kier alpha value is -0.570. The van der Waals surface area contributed by atoms with Crippen LogP contribution >= 0.6 is 0 Å². The minimum Gasteiger partial charge on any atom is -0.411 e. The second-order valence-electron chi connectivity index (χ2n) is 8.39. The summed E-state index contributed by atoms with van der Waals surface area (Å²) in [6.45, 7) is 11.0. The molecule has 4 atom stereocenters. The zero-order valence-electron chi connectivity index (χ0n) is 13.7. The summed E-state index contributed by atoms with van der Waals surface area (Å²) in [6, 6.07) is 0. The summed E-state index contributed by atoms with van der Waals surface area (Å²) in [4.78, 5) is 0. The van der Waals surface area contributed by atoms with Crippen LogP contribution < -0.4 is 0 Å². The Morgan fingerprint density at radius 3 is 2.40 bits per heavy atom. The number of oxime groups is 1. The fourth-order valence-corrected chi connectivity index (χ4v) is 5.41. The van der Waals surface area contributed by atoms with E-state index in [1.165, 1.54) is 19.3 Å². The highest BCUT2D eigenvalue weighted by Crippen LogP contribution is 2.62. The van der Waals surface area contributed by atoms with E-state index in [1.54, 1.807) is 0 Å². The molecule has 116 valence electrons. The predicted octanol–water partition coefficient (Wildman–Crippen LogP) is 4.22. The van der Waals surface area contributed by atoms with E-state index in [4.69, 9.17) is 5.21 Å². The number of nitrogens with zero attached hydrogens (tertiary/aromatic N) is 1. The van der Waals surface area contributed by atoms with E-state index in [2.05, 4.69) is 25.9 Å². The van der Waals surface area contributed by atoms with Gasteiger partial charge in [0.1, 0.15) is 0 Å². The first-order chi connectivity index (χ1) is 9.13. The van der Waals surface area contributed by atoms with Crippen LogP contribution in [0.2, 0.25) is 0 Å². The smallest absolute Gasteiger partial charge is 0.0656 e. The molecule has 2 aliphatic carbocycles. The summed E-state index contributed by atoms with van der Waals surface area (Å²) in [5, 5.41) is 23.3. The van der Waals surface area contributed by atoms with Crippen LogP contribution in [0, 0.1) is 22.7 Å². The molecule has 0 amide bonds. The normalized spacial score (nSPS) is 45.0. The fourth-order valence-electron chi connectivity index (χ4n) is 5.41. The van der Waals surface area contributed by atoms with Crippen LogP contribution in [0.4, 0.5) is 0 Å². The maximum atomic E-state index is 10.9. The van der Waals surface area contributed by atoms with Crippen LogP contribution in [0.25, 0.3) is 0 Å². The van der Waals surface area contributed by atoms with Crippen molar-refractivity contribution in [2.24, 2.45) is 27.8 Å². The molecule has 4 unspecified atom stereocenters. The number of hydrogen-bond donors (Lipinski definition) is 2. The zero-order chi connectivity index (χ0) is 15.2. The Morgan fingerprint density at radius 2 is 1.80 bits per heavy atom. The van der Waals surface area contributed by atoms with Crippen molar-refractivity contribution in [3.05, 3.63) is 0 Å². The average molecular weight is 281 g/mol. The van der Waals surface area contributed by atoms with Crippen LogP contribution in [-0.2, 0) is 0 Å². The van der Waals surface area contributed by atoms with Crippen LogP contribution in [0.1, 0.15) is 73.1 Å². The minimum absolute atomic E-state index is 0.148. The average Bonchev–Trinajstić information content (AvgIpc) is 2.32. The van der Waals surface area contributed by atoms with Gasteiger partial charge in [-0.15, -0.1) is 0 Å². The van der Waals surface area contributed by atoms with Gasteiger partial charge in [-0.3, -0.25) is 0 Å². The summed E-state index contributed by atoms with van der Waals surface area (Å²) >= 11 is 0. The molecule has 20 heavy (non-hydrogen) atoms. The molecule has 0 aliphatic heterocycles. The van der Waals surface area contributed by atoms with E-state index >= 15 is 0 Å². The first kappa shape index (κ1) is 15.8. The van der Waals surface area contributed by atoms with E-state index in [-0.39, 0.29) is 11.3 Å². The molecule has 3 nitrogen and oxygen atoms in total. The molecule has 2 N–H and O–H groups in total. The maximum Gasteiger partial charge on any atom is 0.0656 e. The molecule has 0 spiro atoms. The summed E-state index contributed by atoms with van der Waals surface area (Å²) in [7, 11) is 0. The Bertz CT molecular complexity index is 400. The summed E-state index contributed by atoms with van der Waals surface area (Å²) in [5.74, 6) is 0.838. The van der Waals surface area contributed by atoms with Crippen molar-refractivity contribution >= 4 is 5.71 Å². The minimum atomic E-state index is -0.648. The molecule has 0 aromatic carbocycles. The molecule has 3 heteroatoms. The van der Waals surface area contributed by atoms with Crippen molar-refractivity contribution < 1.29 is 10.3 Å². The van der Waals surface area contributed by atoms with E-state index < -0.39 is 5.60 Å². The molecule has 2 rings (SSSR count). The lowest BCUT2D eigenvalue weighted by atomic mass is 9.45. The number of fused-ring (bicyclic) bond motifs is 1. The quantitative estimate of drug-likeness (QED) is 0.452. The number of rotatable bonds is 2. The third-order valence-corrected chi connectivity index (χ3v) is 6.43. The van der Waals surface area contributed by atoms with Gasteiger partial charge in [-0.25, -0.2) is 0 Å². The fraction of sp³-hybridized carbons (Fsp3) is 0.941. The first-order valence-electron chi connectivity index (χ1n) is 8.03. The lowest BCUT2D eigenvalue weighted by molar-refractivity contribution is -0.164. The SMILES string of the molecule is C/C(CC1C(C)(O)CCC2C(C)(C)CCCC21C)=N\O. The Balaban J connectivity index is 2.38. The maximum absolute atomic E-state index is 10.9. The van der Waals surface area contributed by atoms with E-state index in [0.717, 1.165) is 18.6 Å². The predicted molar refractivity (Wildman–Crippen MR) is 82.1 cm³/mol. The molecule has 2 aliphatic rings. The lowest BCUT2D eigenvalue weighted by Gasteiger charge is -2.61. The van der Waals surface area contributed by atoms with Gasteiger partial charge in [0.25, 0.3) is 0 Å². The summed E-state index contributed by atoms with van der Waals surface area (Å²) in [6.07, 6.45) is 6.38. The lowest BCUT2D eigenvalue weighted by Crippen LogP contribution is -2.57. The molecule has 0 aromatic rings. The third kappa shape index (κ3) is 2.49. The van der Waals surface area contributed by atoms with Gasteiger partial charge in [-0.1, -0.05) is 32.3 Å². The van der Waals surface area contributed by atoms with Gasteiger partial charge in [0.2, 0.25) is 0 Å². The summed E-state index contributed by atoms with van der Waals surface area (Å²) < 4.78 is 0. The molecule has 0 saturated heterocycles. The second kappa shape index (κ2) is 5.01. The van der Waals surface area contributed by atoms with Crippen molar-refractivity contribution in [2.45, 2.75) is 78.7 Å². The summed E-state index contributed by atoms with van der Waals surface area (Å²) in [5.41, 5.74) is 0.590. The zero-order valence-corrected chi connectivity index (χ0v) is 13.7. The van der Waals surface area contributed by atoms with Crippen LogP contribution in [-0.4, -0.2) is 21.6 Å². The largest absolute Gasteiger partial charge is 0.411 e. The van der Waals surface area contributed by atoms with Gasteiger partial charge in [-0.05, 0) is 68.6 Å². The van der Waals surface area contributed by atoms with Crippen molar-refractivity contribution in [3.63, 3.8) is 0 Å². The van der Waals surface area contributed by atoms with Gasteiger partial charge in [-0.2, -0.15) is 0 Å². The molecule has 0 aromatic heterocycles. The van der Waals surface area contributed by atoms with Crippen LogP contribution in [0.5, 0.6) is 0 Å². The highest BCUT2D eigenvalue weighted by molar-refractivity contribution is 5.81. The Labute approximate surface area is 123 Å². The van der Waals surface area contributed by atoms with Crippen LogP contribution in [0.3, 0.4) is 0 Å². The standard InChI is InChI=1S/C17H31NO2/c1-12(18-20)11-14-16(4)9-6-8-15(2,3)13(16)7-10-17(14,5)19/h13-14,19-20H,6-11H2,1-5H3/b18-12+.